The highest BCUT2D eigenvalue weighted by molar-refractivity contribution is 8.02. The number of aliphatic hydroxyl groups is 1. The zero-order valence-corrected chi connectivity index (χ0v) is 8.90. The third-order valence-corrected chi connectivity index (χ3v) is 1.72. The average molecular weight is 184 g/mol. The van der Waals surface area contributed by atoms with E-state index in [0.717, 1.165) is 0 Å². The van der Waals surface area contributed by atoms with Gasteiger partial charge in [0.2, 0.25) is 0 Å². The Hall–Kier alpha value is -0.390. The molecule has 0 unspecified atom stereocenters. The molecule has 68 valence electrons. The summed E-state index contributed by atoms with van der Waals surface area (Å²) in [6.45, 7) is 7.59. The SMILES string of the molecule is CC(C)S/C=C/C#CC(C)(C)O. The molecule has 0 saturated heterocycles. The summed E-state index contributed by atoms with van der Waals surface area (Å²) in [5.41, 5.74) is -0.882. The van der Waals surface area contributed by atoms with Crippen molar-refractivity contribution in [2.24, 2.45) is 0 Å². The highest BCUT2D eigenvalue weighted by atomic mass is 32.2. The van der Waals surface area contributed by atoms with Crippen LogP contribution < -0.4 is 0 Å². The largest absolute Gasteiger partial charge is 0.378 e. The van der Waals surface area contributed by atoms with Gasteiger partial charge in [-0.25, -0.2) is 0 Å². The first kappa shape index (κ1) is 11.6. The van der Waals surface area contributed by atoms with Crippen molar-refractivity contribution in [1.82, 2.24) is 0 Å². The van der Waals surface area contributed by atoms with E-state index in [1.54, 1.807) is 31.7 Å². The molecule has 0 aliphatic rings. The van der Waals surface area contributed by atoms with Crippen LogP contribution in [0.25, 0.3) is 0 Å². The first-order chi connectivity index (χ1) is 5.42. The summed E-state index contributed by atoms with van der Waals surface area (Å²) >= 11 is 1.72. The topological polar surface area (TPSA) is 20.2 Å². The second-order valence-electron chi connectivity index (χ2n) is 3.32. The first-order valence-corrected chi connectivity index (χ1v) is 4.91. The van der Waals surface area contributed by atoms with E-state index in [4.69, 9.17) is 0 Å². The number of rotatable bonds is 2. The zero-order chi connectivity index (χ0) is 9.61. The molecule has 0 aliphatic heterocycles. The van der Waals surface area contributed by atoms with E-state index in [1.807, 2.05) is 5.41 Å². The van der Waals surface area contributed by atoms with E-state index in [9.17, 15) is 5.11 Å². The Morgan fingerprint density at radius 3 is 2.42 bits per heavy atom. The van der Waals surface area contributed by atoms with Gasteiger partial charge in [0.15, 0.2) is 0 Å². The highest BCUT2D eigenvalue weighted by Crippen LogP contribution is 2.09. The summed E-state index contributed by atoms with van der Waals surface area (Å²) in [6.07, 6.45) is 1.77. The summed E-state index contributed by atoms with van der Waals surface area (Å²) in [5.74, 6) is 5.48. The zero-order valence-electron chi connectivity index (χ0n) is 8.09. The Balaban J connectivity index is 3.79. The summed E-state index contributed by atoms with van der Waals surface area (Å²) in [5, 5.41) is 11.7. The molecule has 0 aromatic carbocycles. The standard InChI is InChI=1S/C10H16OS/c1-9(2)12-8-6-5-7-10(3,4)11/h6,8-9,11H,1-4H3/b8-6+. The normalized spacial score (nSPS) is 11.8. The third kappa shape index (κ3) is 9.61. The molecule has 2 heteroatoms. The van der Waals surface area contributed by atoms with Crippen LogP contribution in [0.2, 0.25) is 0 Å². The number of hydrogen-bond acceptors (Lipinski definition) is 2. The summed E-state index contributed by atoms with van der Waals surface area (Å²) in [7, 11) is 0. The Bertz CT molecular complexity index is 200. The van der Waals surface area contributed by atoms with Crippen molar-refractivity contribution < 1.29 is 5.11 Å². The quantitative estimate of drug-likeness (QED) is 0.665. The molecule has 0 amide bonds. The van der Waals surface area contributed by atoms with Crippen LogP contribution in [0, 0.1) is 11.8 Å². The van der Waals surface area contributed by atoms with Crippen molar-refractivity contribution in [1.29, 1.82) is 0 Å². The van der Waals surface area contributed by atoms with Crippen LogP contribution in [0.5, 0.6) is 0 Å². The maximum Gasteiger partial charge on any atom is 0.120 e. The molecule has 0 atom stereocenters. The molecule has 1 N–H and O–H groups in total. The fraction of sp³-hybridized carbons (Fsp3) is 0.600. The van der Waals surface area contributed by atoms with Crippen molar-refractivity contribution in [3.63, 3.8) is 0 Å². The van der Waals surface area contributed by atoms with Crippen molar-refractivity contribution in [2.45, 2.75) is 38.5 Å². The number of allylic oxidation sites excluding steroid dienone is 1. The fourth-order valence-corrected chi connectivity index (χ4v) is 0.910. The minimum atomic E-state index is -0.882. The van der Waals surface area contributed by atoms with Gasteiger partial charge in [-0.05, 0) is 25.3 Å². The fourth-order valence-electron chi connectivity index (χ4n) is 0.449. The van der Waals surface area contributed by atoms with Crippen LogP contribution in [0.15, 0.2) is 11.5 Å². The Morgan fingerprint density at radius 2 is 2.00 bits per heavy atom. The van der Waals surface area contributed by atoms with E-state index in [-0.39, 0.29) is 0 Å². The van der Waals surface area contributed by atoms with Gasteiger partial charge in [-0.15, -0.1) is 11.8 Å². The predicted molar refractivity (Wildman–Crippen MR) is 55.9 cm³/mol. The summed E-state index contributed by atoms with van der Waals surface area (Å²) < 4.78 is 0. The molecule has 0 radical (unpaired) electrons. The molecule has 0 heterocycles. The lowest BCUT2D eigenvalue weighted by atomic mass is 10.1. The lowest BCUT2D eigenvalue weighted by Crippen LogP contribution is -2.14. The molecule has 0 bridgehead atoms. The molecule has 0 spiro atoms. The van der Waals surface area contributed by atoms with Gasteiger partial charge in [-0.3, -0.25) is 0 Å². The summed E-state index contributed by atoms with van der Waals surface area (Å²) in [6, 6.07) is 0. The predicted octanol–water partition coefficient (Wildman–Crippen LogP) is 2.42. The summed E-state index contributed by atoms with van der Waals surface area (Å²) in [4.78, 5) is 0. The second kappa shape index (κ2) is 5.29. The minimum absolute atomic E-state index is 0.588. The number of thioether (sulfide) groups is 1. The molecule has 0 saturated carbocycles. The Labute approximate surface area is 79.3 Å². The van der Waals surface area contributed by atoms with E-state index in [0.29, 0.717) is 5.25 Å². The van der Waals surface area contributed by atoms with Crippen LogP contribution in [0.1, 0.15) is 27.7 Å². The molecule has 1 nitrogen and oxygen atoms in total. The van der Waals surface area contributed by atoms with Gasteiger partial charge in [0.05, 0.1) is 0 Å². The maximum absolute atomic E-state index is 9.21. The molecule has 12 heavy (non-hydrogen) atoms. The van der Waals surface area contributed by atoms with Crippen LogP contribution in [-0.4, -0.2) is 16.0 Å². The lowest BCUT2D eigenvalue weighted by molar-refractivity contribution is 0.143. The van der Waals surface area contributed by atoms with E-state index in [1.165, 1.54) is 0 Å². The third-order valence-electron chi connectivity index (χ3n) is 0.880. The van der Waals surface area contributed by atoms with Crippen LogP contribution >= 0.6 is 11.8 Å². The van der Waals surface area contributed by atoms with Crippen LogP contribution in [0.4, 0.5) is 0 Å². The first-order valence-electron chi connectivity index (χ1n) is 3.97. The van der Waals surface area contributed by atoms with Crippen LogP contribution in [0.3, 0.4) is 0 Å². The van der Waals surface area contributed by atoms with Crippen molar-refractivity contribution in [3.05, 3.63) is 11.5 Å². The maximum atomic E-state index is 9.21. The van der Waals surface area contributed by atoms with E-state index < -0.39 is 5.60 Å². The van der Waals surface area contributed by atoms with Gasteiger partial charge in [-0.2, -0.15) is 0 Å². The van der Waals surface area contributed by atoms with Gasteiger partial charge in [-0.1, -0.05) is 25.7 Å². The molecule has 0 rings (SSSR count). The van der Waals surface area contributed by atoms with Gasteiger partial charge < -0.3 is 5.11 Å². The number of hydrogen-bond donors (Lipinski definition) is 1. The van der Waals surface area contributed by atoms with Gasteiger partial charge >= 0.3 is 0 Å². The van der Waals surface area contributed by atoms with Crippen LogP contribution in [-0.2, 0) is 0 Å². The average Bonchev–Trinajstić information content (AvgIpc) is 1.83. The van der Waals surface area contributed by atoms with Gasteiger partial charge in [0, 0.05) is 5.25 Å². The van der Waals surface area contributed by atoms with Crippen molar-refractivity contribution in [2.75, 3.05) is 0 Å². The smallest absolute Gasteiger partial charge is 0.120 e. The Morgan fingerprint density at radius 1 is 1.42 bits per heavy atom. The molecule has 0 aromatic rings. The molecule has 0 aromatic heterocycles. The minimum Gasteiger partial charge on any atom is -0.378 e. The monoisotopic (exact) mass is 184 g/mol. The molecule has 0 fully saturated rings. The van der Waals surface area contributed by atoms with Crippen molar-refractivity contribution in [3.8, 4) is 11.8 Å². The van der Waals surface area contributed by atoms with Crippen molar-refractivity contribution >= 4 is 11.8 Å². The molecular formula is C10H16OS. The van der Waals surface area contributed by atoms with E-state index in [2.05, 4.69) is 25.7 Å². The van der Waals surface area contributed by atoms with E-state index >= 15 is 0 Å². The van der Waals surface area contributed by atoms with Gasteiger partial charge in [0.1, 0.15) is 5.60 Å². The Kier molecular flexibility index (Phi) is 5.12. The highest BCUT2D eigenvalue weighted by Gasteiger charge is 2.04. The molecular weight excluding hydrogens is 168 g/mol. The van der Waals surface area contributed by atoms with Gasteiger partial charge in [0.25, 0.3) is 0 Å². The molecule has 0 aliphatic carbocycles. The second-order valence-corrected chi connectivity index (χ2v) is 4.80. The lowest BCUT2D eigenvalue weighted by Gasteiger charge is -2.05.